The quantitative estimate of drug-likeness (QED) is 0.859. The molecule has 0 aromatic heterocycles. The van der Waals surface area contributed by atoms with Crippen LogP contribution >= 0.6 is 27.5 Å². The van der Waals surface area contributed by atoms with Gasteiger partial charge in [0.15, 0.2) is 0 Å². The molecular weight excluding hydrogens is 356 g/mol. The van der Waals surface area contributed by atoms with Gasteiger partial charge in [0.2, 0.25) is 0 Å². The topological polar surface area (TPSA) is 38.7 Å². The van der Waals surface area contributed by atoms with Crippen molar-refractivity contribution in [3.05, 3.63) is 56.5 Å². The number of hydrogen-bond acceptors (Lipinski definition) is 3. The third-order valence-electron chi connectivity index (χ3n) is 3.33. The second-order valence-electron chi connectivity index (χ2n) is 4.58. The molecule has 0 aliphatic carbocycles. The van der Waals surface area contributed by atoms with Crippen LogP contribution in [0, 0.1) is 6.92 Å². The maximum absolute atomic E-state index is 10.7. The van der Waals surface area contributed by atoms with Crippen LogP contribution in [0.15, 0.2) is 34.8 Å². The van der Waals surface area contributed by atoms with Gasteiger partial charge in [-0.3, -0.25) is 0 Å². The average Bonchev–Trinajstić information content (AvgIpc) is 2.49. The van der Waals surface area contributed by atoms with Crippen LogP contribution in [0.3, 0.4) is 0 Å². The molecule has 0 bridgehead atoms. The number of rotatable bonds is 4. The van der Waals surface area contributed by atoms with Gasteiger partial charge in [0, 0.05) is 16.1 Å². The van der Waals surface area contributed by atoms with Gasteiger partial charge in [-0.2, -0.15) is 0 Å². The van der Waals surface area contributed by atoms with E-state index in [1.165, 1.54) is 0 Å². The van der Waals surface area contributed by atoms with E-state index in [0.717, 1.165) is 5.56 Å². The molecule has 0 aliphatic rings. The van der Waals surface area contributed by atoms with E-state index in [4.69, 9.17) is 21.1 Å². The molecule has 2 aromatic carbocycles. The van der Waals surface area contributed by atoms with E-state index < -0.39 is 6.10 Å². The van der Waals surface area contributed by atoms with Crippen LogP contribution < -0.4 is 9.47 Å². The summed E-state index contributed by atoms with van der Waals surface area (Å²) in [7, 11) is 3.13. The lowest BCUT2D eigenvalue weighted by Crippen LogP contribution is -2.05. The summed E-state index contributed by atoms with van der Waals surface area (Å²) >= 11 is 9.73. The second kappa shape index (κ2) is 6.69. The Hall–Kier alpha value is -1.23. The summed E-state index contributed by atoms with van der Waals surface area (Å²) in [5.41, 5.74) is 2.18. The maximum atomic E-state index is 10.7. The Morgan fingerprint density at radius 2 is 1.81 bits per heavy atom. The Balaban J connectivity index is 2.56. The Bertz CT molecular complexity index is 658. The summed E-state index contributed by atoms with van der Waals surface area (Å²) in [6.07, 6.45) is -0.880. The zero-order valence-electron chi connectivity index (χ0n) is 12.0. The molecule has 2 aromatic rings. The van der Waals surface area contributed by atoms with E-state index in [1.807, 2.05) is 19.1 Å². The number of benzene rings is 2. The highest BCUT2D eigenvalue weighted by molar-refractivity contribution is 9.10. The summed E-state index contributed by atoms with van der Waals surface area (Å²) in [6.45, 7) is 1.90. The lowest BCUT2D eigenvalue weighted by molar-refractivity contribution is 0.214. The highest BCUT2D eigenvalue weighted by Gasteiger charge is 2.22. The van der Waals surface area contributed by atoms with Crippen molar-refractivity contribution >= 4 is 27.5 Å². The van der Waals surface area contributed by atoms with Gasteiger partial charge in [0.05, 0.1) is 14.2 Å². The SMILES string of the molecule is COc1ccc(C(O)c2cccc(C)c2Cl)c(OC)c1Br. The van der Waals surface area contributed by atoms with Crippen molar-refractivity contribution in [1.82, 2.24) is 0 Å². The fourth-order valence-corrected chi connectivity index (χ4v) is 3.10. The first kappa shape index (κ1) is 16.1. The predicted molar refractivity (Wildman–Crippen MR) is 87.5 cm³/mol. The van der Waals surface area contributed by atoms with Crippen molar-refractivity contribution < 1.29 is 14.6 Å². The summed E-state index contributed by atoms with van der Waals surface area (Å²) < 4.78 is 11.3. The van der Waals surface area contributed by atoms with Crippen LogP contribution in [0.25, 0.3) is 0 Å². The largest absolute Gasteiger partial charge is 0.495 e. The van der Waals surface area contributed by atoms with Crippen LogP contribution in [0.2, 0.25) is 5.02 Å². The standard InChI is InChI=1S/C16H16BrClO3/c1-9-5-4-6-10(14(9)18)15(19)11-7-8-12(20-2)13(17)16(11)21-3/h4-8,15,19H,1-3H3. The maximum Gasteiger partial charge on any atom is 0.142 e. The summed E-state index contributed by atoms with van der Waals surface area (Å²) in [6, 6.07) is 9.11. The molecule has 21 heavy (non-hydrogen) atoms. The van der Waals surface area contributed by atoms with Crippen molar-refractivity contribution in [2.75, 3.05) is 14.2 Å². The molecule has 0 saturated heterocycles. The zero-order chi connectivity index (χ0) is 15.6. The Labute approximate surface area is 137 Å². The first-order valence-electron chi connectivity index (χ1n) is 6.34. The molecule has 3 nitrogen and oxygen atoms in total. The molecule has 2 rings (SSSR count). The number of aliphatic hydroxyl groups is 1. The fraction of sp³-hybridized carbons (Fsp3) is 0.250. The van der Waals surface area contributed by atoms with Gasteiger partial charge in [-0.1, -0.05) is 29.8 Å². The van der Waals surface area contributed by atoms with Gasteiger partial charge >= 0.3 is 0 Å². The first-order chi connectivity index (χ1) is 10.0. The summed E-state index contributed by atoms with van der Waals surface area (Å²) in [5.74, 6) is 1.16. The van der Waals surface area contributed by atoms with Crippen LogP contribution in [0.5, 0.6) is 11.5 Å². The highest BCUT2D eigenvalue weighted by atomic mass is 79.9. The van der Waals surface area contributed by atoms with Gasteiger partial charge < -0.3 is 14.6 Å². The normalized spacial score (nSPS) is 12.1. The van der Waals surface area contributed by atoms with Crippen molar-refractivity contribution in [2.45, 2.75) is 13.0 Å². The molecular formula is C16H16BrClO3. The van der Waals surface area contributed by atoms with Crippen molar-refractivity contribution in [3.63, 3.8) is 0 Å². The lowest BCUT2D eigenvalue weighted by atomic mass is 9.99. The van der Waals surface area contributed by atoms with E-state index in [9.17, 15) is 5.11 Å². The third kappa shape index (κ3) is 3.03. The minimum atomic E-state index is -0.880. The monoisotopic (exact) mass is 370 g/mol. The molecule has 0 amide bonds. The summed E-state index contributed by atoms with van der Waals surface area (Å²) in [4.78, 5) is 0. The van der Waals surface area contributed by atoms with Crippen LogP contribution in [-0.4, -0.2) is 19.3 Å². The average molecular weight is 372 g/mol. The second-order valence-corrected chi connectivity index (χ2v) is 5.76. The minimum Gasteiger partial charge on any atom is -0.495 e. The van der Waals surface area contributed by atoms with Crippen molar-refractivity contribution in [2.24, 2.45) is 0 Å². The third-order valence-corrected chi connectivity index (χ3v) is 4.59. The minimum absolute atomic E-state index is 0.527. The van der Waals surface area contributed by atoms with Gasteiger partial charge in [0.25, 0.3) is 0 Å². The molecule has 0 spiro atoms. The van der Waals surface area contributed by atoms with E-state index in [0.29, 0.717) is 32.1 Å². The van der Waals surface area contributed by atoms with E-state index >= 15 is 0 Å². The molecule has 1 unspecified atom stereocenters. The number of aliphatic hydroxyl groups excluding tert-OH is 1. The number of hydrogen-bond donors (Lipinski definition) is 1. The number of halogens is 2. The van der Waals surface area contributed by atoms with Crippen LogP contribution in [-0.2, 0) is 0 Å². The molecule has 112 valence electrons. The van der Waals surface area contributed by atoms with E-state index in [-0.39, 0.29) is 0 Å². The van der Waals surface area contributed by atoms with Crippen molar-refractivity contribution in [3.8, 4) is 11.5 Å². The molecule has 5 heteroatoms. The van der Waals surface area contributed by atoms with Crippen molar-refractivity contribution in [1.29, 1.82) is 0 Å². The van der Waals surface area contributed by atoms with Crippen LogP contribution in [0.1, 0.15) is 22.8 Å². The molecule has 0 heterocycles. The van der Waals surface area contributed by atoms with Gasteiger partial charge in [-0.25, -0.2) is 0 Å². The molecule has 1 atom stereocenters. The van der Waals surface area contributed by atoms with E-state index in [2.05, 4.69) is 15.9 Å². The number of ether oxygens (including phenoxy) is 2. The highest BCUT2D eigenvalue weighted by Crippen LogP contribution is 2.42. The van der Waals surface area contributed by atoms with Gasteiger partial charge in [-0.05, 0) is 40.5 Å². The smallest absolute Gasteiger partial charge is 0.142 e. The molecule has 0 fully saturated rings. The Morgan fingerprint density at radius 1 is 1.10 bits per heavy atom. The number of methoxy groups -OCH3 is 2. The van der Waals surface area contributed by atoms with E-state index in [1.54, 1.807) is 32.4 Å². The Morgan fingerprint density at radius 3 is 2.43 bits per heavy atom. The lowest BCUT2D eigenvalue weighted by Gasteiger charge is -2.19. The fourth-order valence-electron chi connectivity index (χ4n) is 2.18. The predicted octanol–water partition coefficient (Wildman–Crippen LogP) is 4.51. The molecule has 0 saturated carbocycles. The first-order valence-corrected chi connectivity index (χ1v) is 7.51. The van der Waals surface area contributed by atoms with Crippen LogP contribution in [0.4, 0.5) is 0 Å². The molecule has 1 N–H and O–H groups in total. The Kier molecular flexibility index (Phi) is 5.14. The van der Waals surface area contributed by atoms with Gasteiger partial charge in [-0.15, -0.1) is 0 Å². The summed E-state index contributed by atoms with van der Waals surface area (Å²) in [5, 5.41) is 11.2. The zero-order valence-corrected chi connectivity index (χ0v) is 14.3. The number of aryl methyl sites for hydroxylation is 1. The molecule has 0 aliphatic heterocycles. The molecule has 0 radical (unpaired) electrons. The van der Waals surface area contributed by atoms with Gasteiger partial charge in [0.1, 0.15) is 22.1 Å².